The van der Waals surface area contributed by atoms with Gasteiger partial charge >= 0.3 is 18.1 Å². The Kier molecular flexibility index (Phi) is 7.52. The summed E-state index contributed by atoms with van der Waals surface area (Å²) in [5.74, 6) is -7.54. The molecule has 0 spiro atoms. The lowest BCUT2D eigenvalue weighted by Gasteiger charge is -2.19. The molecule has 0 heterocycles. The van der Waals surface area contributed by atoms with E-state index < -0.39 is 59.4 Å². The van der Waals surface area contributed by atoms with Crippen LogP contribution in [0.1, 0.15) is 6.42 Å². The van der Waals surface area contributed by atoms with Crippen LogP contribution < -0.4 is 5.32 Å². The third-order valence-corrected chi connectivity index (χ3v) is 3.51. The van der Waals surface area contributed by atoms with Crippen molar-refractivity contribution in [3.05, 3.63) is 0 Å². The Bertz CT molecular complexity index is 350. The number of aliphatic hydroxyl groups is 1. The van der Waals surface area contributed by atoms with Gasteiger partial charge in [-0.3, -0.25) is 9.00 Å². The fraction of sp³-hybridized carbons (Fsp3) is 0.889. The van der Waals surface area contributed by atoms with E-state index in [4.69, 9.17) is 5.11 Å². The van der Waals surface area contributed by atoms with Gasteiger partial charge in [-0.05, 0) is 0 Å². The molecule has 0 rings (SSSR count). The first-order chi connectivity index (χ1) is 8.95. The highest BCUT2D eigenvalue weighted by Gasteiger charge is 2.56. The molecule has 0 fully saturated rings. The van der Waals surface area contributed by atoms with Crippen molar-refractivity contribution < 1.29 is 41.2 Å². The van der Waals surface area contributed by atoms with Gasteiger partial charge in [0.1, 0.15) is 0 Å². The lowest BCUT2D eigenvalue weighted by atomic mass is 10.2. The van der Waals surface area contributed by atoms with Crippen molar-refractivity contribution >= 4 is 16.8 Å². The topological polar surface area (TPSA) is 86.6 Å². The number of rotatable bonds is 9. The average molecular weight is 327 g/mol. The molecule has 5 nitrogen and oxygen atoms in total. The monoisotopic (exact) mass is 327 g/mol. The number of aliphatic hydroxyl groups excluding tert-OH is 1. The molecule has 0 saturated carbocycles. The molecule has 0 aliphatic rings. The molecule has 0 bridgehead atoms. The highest BCUT2D eigenvalue weighted by atomic mass is 32.2. The molecule has 11 heteroatoms. The van der Waals surface area contributed by atoms with Gasteiger partial charge in [-0.2, -0.15) is 22.0 Å². The third kappa shape index (κ3) is 7.70. The van der Waals surface area contributed by atoms with Crippen LogP contribution in [0.2, 0.25) is 0 Å². The molecule has 0 aliphatic heterocycles. The van der Waals surface area contributed by atoms with Crippen LogP contribution in [-0.4, -0.2) is 63.2 Å². The second-order valence-electron chi connectivity index (χ2n) is 3.94. The van der Waals surface area contributed by atoms with Crippen molar-refractivity contribution in [1.29, 1.82) is 0 Å². The molecule has 0 amide bonds. The van der Waals surface area contributed by atoms with Crippen LogP contribution in [0.4, 0.5) is 22.0 Å². The molecule has 2 atom stereocenters. The van der Waals surface area contributed by atoms with E-state index in [1.165, 1.54) is 0 Å². The minimum absolute atomic E-state index is 0.256. The smallest absolute Gasteiger partial charge is 0.453 e. The lowest BCUT2D eigenvalue weighted by molar-refractivity contribution is -0.282. The third-order valence-electron chi connectivity index (χ3n) is 2.09. The average Bonchev–Trinajstić information content (AvgIpc) is 2.24. The number of carbonyl (C=O) groups is 1. The Hall–Kier alpha value is -0.810. The van der Waals surface area contributed by atoms with Crippen LogP contribution in [0.25, 0.3) is 0 Å². The number of hydrogen-bond acceptors (Lipinski definition) is 4. The van der Waals surface area contributed by atoms with E-state index in [1.807, 2.05) is 0 Å². The number of carboxylic acids is 1. The van der Waals surface area contributed by atoms with Crippen molar-refractivity contribution in [3.8, 4) is 0 Å². The fourth-order valence-electron chi connectivity index (χ4n) is 1.09. The normalized spacial score (nSPS) is 15.9. The molecule has 0 aromatic heterocycles. The Balaban J connectivity index is 4.03. The van der Waals surface area contributed by atoms with Gasteiger partial charge in [-0.25, -0.2) is 0 Å². The second kappa shape index (κ2) is 7.84. The number of hydrogen-bond donors (Lipinski definition) is 3. The predicted molar refractivity (Wildman–Crippen MR) is 60.0 cm³/mol. The molecule has 0 radical (unpaired) electrons. The molecule has 120 valence electrons. The van der Waals surface area contributed by atoms with E-state index >= 15 is 0 Å². The van der Waals surface area contributed by atoms with E-state index in [0.29, 0.717) is 0 Å². The Morgan fingerprint density at radius 1 is 1.25 bits per heavy atom. The summed E-state index contributed by atoms with van der Waals surface area (Å²) in [6.45, 7) is -0.719. The molecule has 20 heavy (non-hydrogen) atoms. The number of nitrogens with one attached hydrogen (secondary N) is 1. The minimum atomic E-state index is -5.70. The van der Waals surface area contributed by atoms with Gasteiger partial charge in [-0.1, -0.05) is 0 Å². The maximum Gasteiger partial charge on any atom is 0.453 e. The lowest BCUT2D eigenvalue weighted by Crippen LogP contribution is -2.38. The molecule has 0 aromatic rings. The zero-order valence-corrected chi connectivity index (χ0v) is 10.9. The summed E-state index contributed by atoms with van der Waals surface area (Å²) in [6, 6.07) is 0. The molecule has 2 unspecified atom stereocenters. The largest absolute Gasteiger partial charge is 0.480 e. The molecule has 3 N–H and O–H groups in total. The summed E-state index contributed by atoms with van der Waals surface area (Å²) in [5, 5.41) is 19.8. The Morgan fingerprint density at radius 3 is 2.25 bits per heavy atom. The molecule has 0 aliphatic carbocycles. The molecular weight excluding hydrogens is 313 g/mol. The van der Waals surface area contributed by atoms with Crippen LogP contribution in [0, 0.1) is 0 Å². The predicted octanol–water partition coefficient (Wildman–Crippen LogP) is 0.358. The molecule has 0 saturated heterocycles. The van der Waals surface area contributed by atoms with Crippen molar-refractivity contribution in [1.82, 2.24) is 5.32 Å². The fourth-order valence-corrected chi connectivity index (χ4v) is 2.28. The quantitative estimate of drug-likeness (QED) is 0.532. The van der Waals surface area contributed by atoms with Gasteiger partial charge in [0.15, 0.2) is 0 Å². The van der Waals surface area contributed by atoms with Crippen molar-refractivity contribution in [2.45, 2.75) is 24.6 Å². The molecular formula is C9H14F5NO4S. The van der Waals surface area contributed by atoms with E-state index in [2.05, 4.69) is 5.32 Å². The van der Waals surface area contributed by atoms with Gasteiger partial charge in [0.2, 0.25) is 0 Å². The second-order valence-corrected chi connectivity index (χ2v) is 5.56. The Labute approximate surface area is 113 Å². The summed E-state index contributed by atoms with van der Waals surface area (Å²) in [4.78, 5) is 10.1. The van der Waals surface area contributed by atoms with E-state index in [1.54, 1.807) is 0 Å². The van der Waals surface area contributed by atoms with Gasteiger partial charge in [0.25, 0.3) is 0 Å². The van der Waals surface area contributed by atoms with Crippen LogP contribution in [0.5, 0.6) is 0 Å². The van der Waals surface area contributed by atoms with Crippen LogP contribution in [0.15, 0.2) is 0 Å². The maximum atomic E-state index is 12.5. The van der Waals surface area contributed by atoms with Crippen molar-refractivity contribution in [2.75, 3.05) is 24.6 Å². The summed E-state index contributed by atoms with van der Waals surface area (Å²) >= 11 is 0. The van der Waals surface area contributed by atoms with Gasteiger partial charge < -0.3 is 15.5 Å². The van der Waals surface area contributed by atoms with E-state index in [-0.39, 0.29) is 6.54 Å². The van der Waals surface area contributed by atoms with Gasteiger partial charge in [0, 0.05) is 29.5 Å². The summed E-state index contributed by atoms with van der Waals surface area (Å²) in [7, 11) is -2.06. The highest BCUT2D eigenvalue weighted by Crippen LogP contribution is 2.37. The Morgan fingerprint density at radius 2 is 1.80 bits per heavy atom. The first-order valence-corrected chi connectivity index (χ1v) is 6.84. The van der Waals surface area contributed by atoms with Crippen molar-refractivity contribution in [3.63, 3.8) is 0 Å². The number of alkyl halides is 5. The maximum absolute atomic E-state index is 12.5. The number of carboxylic acid groups (broad SMARTS) is 1. The first kappa shape index (κ1) is 19.2. The summed E-state index contributed by atoms with van der Waals surface area (Å²) in [6.07, 6.45) is -8.62. The summed E-state index contributed by atoms with van der Waals surface area (Å²) in [5.41, 5.74) is 0. The zero-order chi connectivity index (χ0) is 16.0. The van der Waals surface area contributed by atoms with Crippen molar-refractivity contribution in [2.24, 2.45) is 0 Å². The summed E-state index contributed by atoms with van der Waals surface area (Å²) < 4.78 is 71.7. The van der Waals surface area contributed by atoms with Gasteiger partial charge in [0.05, 0.1) is 18.4 Å². The number of halogens is 5. The minimum Gasteiger partial charge on any atom is -0.480 e. The zero-order valence-electron chi connectivity index (χ0n) is 10.1. The van der Waals surface area contributed by atoms with E-state index in [0.717, 1.165) is 0 Å². The molecule has 0 aromatic carbocycles. The standard InChI is InChI=1S/C9H14F5NO4S/c10-8(11,9(12,13)14)1-2-20(19)5-6(16)3-15-4-7(17)18/h6,15-16H,1-5H2,(H,17,18). The SMILES string of the molecule is O=C(O)CNCC(O)CS(=O)CCC(F)(F)C(F)(F)F. The van der Waals surface area contributed by atoms with E-state index in [9.17, 15) is 36.1 Å². The van der Waals surface area contributed by atoms with Crippen LogP contribution >= 0.6 is 0 Å². The van der Waals surface area contributed by atoms with Gasteiger partial charge in [-0.15, -0.1) is 0 Å². The number of aliphatic carboxylic acids is 1. The first-order valence-electron chi connectivity index (χ1n) is 5.36. The van der Waals surface area contributed by atoms with Crippen LogP contribution in [-0.2, 0) is 15.6 Å². The van der Waals surface area contributed by atoms with Crippen LogP contribution in [0.3, 0.4) is 0 Å². The highest BCUT2D eigenvalue weighted by molar-refractivity contribution is 7.85.